The number of nitrogens with zero attached hydrogens (tertiary/aromatic N) is 1. The first-order valence-electron chi connectivity index (χ1n) is 3.36. The van der Waals surface area contributed by atoms with Crippen molar-refractivity contribution in [1.29, 1.82) is 0 Å². The fraction of sp³-hybridized carbons (Fsp3) is 0.600. The van der Waals surface area contributed by atoms with Crippen molar-refractivity contribution in [1.82, 2.24) is 10.6 Å². The summed E-state index contributed by atoms with van der Waals surface area (Å²) in [6, 6.07) is 0. The van der Waals surface area contributed by atoms with Gasteiger partial charge < -0.3 is 10.6 Å². The summed E-state index contributed by atoms with van der Waals surface area (Å²) in [5.74, 6) is -0.558. The van der Waals surface area contributed by atoms with Gasteiger partial charge in [-0.15, -0.1) is 0 Å². The van der Waals surface area contributed by atoms with Gasteiger partial charge in [0.05, 0.1) is 4.92 Å². The van der Waals surface area contributed by atoms with Gasteiger partial charge in [-0.2, -0.15) is 13.2 Å². The van der Waals surface area contributed by atoms with E-state index in [0.29, 0.717) is 0 Å². The maximum absolute atomic E-state index is 12.0. The lowest BCUT2D eigenvalue weighted by Crippen LogP contribution is -2.27. The highest BCUT2D eigenvalue weighted by Crippen LogP contribution is 2.27. The first-order chi connectivity index (χ1) is 5.93. The molecule has 8 heteroatoms. The van der Waals surface area contributed by atoms with Gasteiger partial charge in [0.15, 0.2) is 5.82 Å². The van der Waals surface area contributed by atoms with Crippen molar-refractivity contribution in [3.63, 3.8) is 0 Å². The maximum atomic E-state index is 12.0. The van der Waals surface area contributed by atoms with E-state index in [1.54, 1.807) is 0 Å². The summed E-state index contributed by atoms with van der Waals surface area (Å²) in [5.41, 5.74) is -1.77. The fourth-order valence-corrected chi connectivity index (χ4v) is 0.941. The highest BCUT2D eigenvalue weighted by Gasteiger charge is 2.48. The zero-order valence-corrected chi connectivity index (χ0v) is 6.31. The Morgan fingerprint density at radius 3 is 2.15 bits per heavy atom. The molecule has 1 heterocycles. The number of hydrogen-bond donors (Lipinski definition) is 2. The molecule has 13 heavy (non-hydrogen) atoms. The molecule has 1 fully saturated rings. The molecule has 1 rings (SSSR count). The topological polar surface area (TPSA) is 67.2 Å². The van der Waals surface area contributed by atoms with Crippen LogP contribution >= 0.6 is 0 Å². The minimum atomic E-state index is -4.94. The van der Waals surface area contributed by atoms with Crippen LogP contribution in [0.5, 0.6) is 0 Å². The number of halogens is 3. The quantitative estimate of drug-likeness (QED) is 0.465. The molecule has 0 aromatic rings. The average molecular weight is 197 g/mol. The zero-order valence-electron chi connectivity index (χ0n) is 6.31. The number of rotatable bonds is 1. The van der Waals surface area contributed by atoms with Gasteiger partial charge in [0.2, 0.25) is 0 Å². The van der Waals surface area contributed by atoms with Crippen LogP contribution in [0.25, 0.3) is 0 Å². The molecule has 1 aliphatic rings. The lowest BCUT2D eigenvalue weighted by Gasteiger charge is -2.06. The molecule has 0 amide bonds. The molecule has 1 saturated heterocycles. The molecule has 74 valence electrons. The summed E-state index contributed by atoms with van der Waals surface area (Å²) in [6.07, 6.45) is -4.94. The largest absolute Gasteiger partial charge is 0.487 e. The lowest BCUT2D eigenvalue weighted by atomic mass is 10.4. The minimum Gasteiger partial charge on any atom is -0.364 e. The molecule has 0 aliphatic carbocycles. The van der Waals surface area contributed by atoms with Crippen molar-refractivity contribution in [3.05, 3.63) is 21.6 Å². The van der Waals surface area contributed by atoms with E-state index >= 15 is 0 Å². The van der Waals surface area contributed by atoms with E-state index in [0.717, 1.165) is 0 Å². The predicted molar refractivity (Wildman–Crippen MR) is 36.1 cm³/mol. The molecular weight excluding hydrogens is 191 g/mol. The van der Waals surface area contributed by atoms with E-state index in [1.165, 1.54) is 0 Å². The van der Waals surface area contributed by atoms with Gasteiger partial charge in [0.25, 0.3) is 0 Å². The highest BCUT2D eigenvalue weighted by atomic mass is 19.4. The molecular formula is C5H6F3N3O2. The number of nitrogens with one attached hydrogen (secondary N) is 2. The Morgan fingerprint density at radius 2 is 1.85 bits per heavy atom. The Kier molecular flexibility index (Phi) is 2.30. The van der Waals surface area contributed by atoms with Crippen molar-refractivity contribution >= 4 is 0 Å². The summed E-state index contributed by atoms with van der Waals surface area (Å²) in [6.45, 7) is 0.505. The second-order valence-corrected chi connectivity index (χ2v) is 2.33. The molecule has 0 aromatic carbocycles. The highest BCUT2D eigenvalue weighted by molar-refractivity contribution is 5.11. The van der Waals surface area contributed by atoms with Gasteiger partial charge in [-0.1, -0.05) is 0 Å². The molecule has 0 aromatic heterocycles. The second-order valence-electron chi connectivity index (χ2n) is 2.33. The SMILES string of the molecule is O=[N+]([O-])C(=C1NCCN1)C(F)(F)F. The maximum Gasteiger partial charge on any atom is 0.487 e. The van der Waals surface area contributed by atoms with Crippen LogP contribution in [0.2, 0.25) is 0 Å². The molecule has 5 nitrogen and oxygen atoms in total. The van der Waals surface area contributed by atoms with Crippen LogP contribution < -0.4 is 10.6 Å². The first kappa shape index (κ1) is 9.62. The van der Waals surface area contributed by atoms with E-state index in [9.17, 15) is 23.3 Å². The summed E-state index contributed by atoms with van der Waals surface area (Å²) < 4.78 is 36.1. The van der Waals surface area contributed by atoms with Gasteiger partial charge >= 0.3 is 11.9 Å². The third-order valence-corrected chi connectivity index (χ3v) is 1.42. The average Bonchev–Trinajstić information content (AvgIpc) is 2.34. The Hall–Kier alpha value is -1.47. The first-order valence-corrected chi connectivity index (χ1v) is 3.36. The van der Waals surface area contributed by atoms with Crippen LogP contribution in [0.15, 0.2) is 11.5 Å². The van der Waals surface area contributed by atoms with E-state index in [2.05, 4.69) is 10.6 Å². The zero-order chi connectivity index (χ0) is 10.1. The molecule has 2 N–H and O–H groups in total. The van der Waals surface area contributed by atoms with E-state index in [1.807, 2.05) is 0 Å². The van der Waals surface area contributed by atoms with Crippen LogP contribution in [0.1, 0.15) is 0 Å². The van der Waals surface area contributed by atoms with Crippen molar-refractivity contribution in [2.24, 2.45) is 0 Å². The summed E-state index contributed by atoms with van der Waals surface area (Å²) >= 11 is 0. The molecule has 0 radical (unpaired) electrons. The molecule has 0 spiro atoms. The van der Waals surface area contributed by atoms with Gasteiger partial charge in [0, 0.05) is 13.1 Å². The van der Waals surface area contributed by atoms with Gasteiger partial charge in [0.1, 0.15) is 0 Å². The van der Waals surface area contributed by atoms with Crippen LogP contribution in [-0.4, -0.2) is 24.2 Å². The smallest absolute Gasteiger partial charge is 0.364 e. The molecule has 0 bridgehead atoms. The van der Waals surface area contributed by atoms with Crippen molar-refractivity contribution in [2.45, 2.75) is 6.18 Å². The minimum absolute atomic E-state index is 0.253. The molecule has 1 aliphatic heterocycles. The van der Waals surface area contributed by atoms with Crippen LogP contribution in [0.4, 0.5) is 13.2 Å². The molecule has 0 atom stereocenters. The van der Waals surface area contributed by atoms with Crippen LogP contribution in [-0.2, 0) is 0 Å². The van der Waals surface area contributed by atoms with Crippen LogP contribution in [0, 0.1) is 10.1 Å². The standard InChI is InChI=1S/C5H6F3N3O2/c6-5(7,8)3(11(12)13)4-9-1-2-10-4/h9-10H,1-2H2. The van der Waals surface area contributed by atoms with Gasteiger partial charge in [-0.25, -0.2) is 0 Å². The monoisotopic (exact) mass is 197 g/mol. The van der Waals surface area contributed by atoms with Gasteiger partial charge in [-0.3, -0.25) is 10.1 Å². The number of hydrogen-bond acceptors (Lipinski definition) is 4. The summed E-state index contributed by atoms with van der Waals surface area (Å²) in [5, 5.41) is 14.6. The van der Waals surface area contributed by atoms with E-state index < -0.39 is 22.6 Å². The van der Waals surface area contributed by atoms with Crippen molar-refractivity contribution in [3.8, 4) is 0 Å². The van der Waals surface area contributed by atoms with Crippen LogP contribution in [0.3, 0.4) is 0 Å². The second kappa shape index (κ2) is 3.11. The Morgan fingerprint density at radius 1 is 1.38 bits per heavy atom. The Bertz CT molecular complexity index is 252. The number of allylic oxidation sites excluding steroid dienone is 1. The van der Waals surface area contributed by atoms with Crippen molar-refractivity contribution in [2.75, 3.05) is 13.1 Å². The summed E-state index contributed by atoms with van der Waals surface area (Å²) in [4.78, 5) is 8.64. The normalized spacial score (nSPS) is 16.4. The van der Waals surface area contributed by atoms with E-state index in [-0.39, 0.29) is 13.1 Å². The third kappa shape index (κ3) is 2.01. The van der Waals surface area contributed by atoms with E-state index in [4.69, 9.17) is 0 Å². The fourth-order valence-electron chi connectivity index (χ4n) is 0.941. The van der Waals surface area contributed by atoms with Crippen molar-refractivity contribution < 1.29 is 18.1 Å². The summed E-state index contributed by atoms with van der Waals surface area (Å²) in [7, 11) is 0. The predicted octanol–water partition coefficient (Wildman–Crippen LogP) is 0.187. The lowest BCUT2D eigenvalue weighted by molar-refractivity contribution is -0.461. The third-order valence-electron chi connectivity index (χ3n) is 1.42. The van der Waals surface area contributed by atoms with Gasteiger partial charge in [-0.05, 0) is 0 Å². The Labute approximate surface area is 70.8 Å². The Balaban J connectivity index is 3.04. The number of nitro groups is 1. The molecule has 0 saturated carbocycles. The number of alkyl halides is 3. The molecule has 0 unspecified atom stereocenters.